The molecule has 0 rings (SSSR count). The van der Waals surface area contributed by atoms with Crippen molar-refractivity contribution < 1.29 is 25.8 Å². The van der Waals surface area contributed by atoms with Crippen molar-refractivity contribution in [3.63, 3.8) is 0 Å². The van der Waals surface area contributed by atoms with E-state index in [9.17, 15) is 0 Å². The van der Waals surface area contributed by atoms with Gasteiger partial charge >= 0.3 is 25.8 Å². The Kier molecular flexibility index (Phi) is 46.3. The molecule has 0 amide bonds. The largest absolute Gasteiger partial charge is 4.00 e. The molecule has 0 aliphatic rings. The van der Waals surface area contributed by atoms with Crippen molar-refractivity contribution >= 4 is 0 Å². The monoisotopic (exact) mass is 408 g/mol. The second-order valence-corrected chi connectivity index (χ2v) is 6.00. The summed E-state index contributed by atoms with van der Waals surface area (Å²) in [6.45, 7) is 25.0. The third-order valence-corrected chi connectivity index (χ3v) is 0. The molecular weight excluding hydrogens is 371 g/mol. The van der Waals surface area contributed by atoms with Crippen LogP contribution in [0.25, 0.3) is 0 Å². The smallest absolute Gasteiger partial charge is 0.323 e. The molecule has 1 heteroatoms. The molecule has 0 heterocycles. The zero-order chi connectivity index (χ0) is 14.3. The van der Waals surface area contributed by atoms with Gasteiger partial charge < -0.3 is 23.7 Å². The Bertz CT molecular complexity index is 48.5. The third kappa shape index (κ3) is 4930. The number of rotatable bonds is 0. The molecule has 0 spiro atoms. The molecule has 0 aromatic heterocycles. The Morgan fingerprint density at radius 1 is 0.294 bits per heavy atom. The van der Waals surface area contributed by atoms with E-state index in [2.05, 4.69) is 83.1 Å². The maximum absolute atomic E-state index is 2.08. The maximum atomic E-state index is 2.08. The SMILES string of the molecule is C[C-](C)C.C[C-](C)C.C[C-](C)C.C[C-](C)C.[Hf+4]. The Morgan fingerprint density at radius 3 is 0.294 bits per heavy atom. The first-order chi connectivity index (χ1) is 6.93. The molecule has 0 aromatic carbocycles. The second-order valence-electron chi connectivity index (χ2n) is 6.00. The second kappa shape index (κ2) is 25.7. The molecule has 0 radical (unpaired) electrons. The zero-order valence-electron chi connectivity index (χ0n) is 14.5. The van der Waals surface area contributed by atoms with Crippen LogP contribution in [-0.2, 0) is 25.8 Å². The first kappa shape index (κ1) is 30.7. The first-order valence-electron chi connectivity index (χ1n) is 6.00. The molecule has 0 aliphatic carbocycles. The third-order valence-electron chi connectivity index (χ3n) is 0. The summed E-state index contributed by atoms with van der Waals surface area (Å²) in [6, 6.07) is 0. The van der Waals surface area contributed by atoms with E-state index in [1.807, 2.05) is 0 Å². The molecule has 0 aliphatic heterocycles. The summed E-state index contributed by atoms with van der Waals surface area (Å²) in [4.78, 5) is 0. The number of hydrogen-bond donors (Lipinski definition) is 0. The Hall–Kier alpha value is 0.870. The molecule has 0 bridgehead atoms. The molecule has 0 saturated heterocycles. The van der Waals surface area contributed by atoms with Gasteiger partial charge in [0.2, 0.25) is 0 Å². The van der Waals surface area contributed by atoms with Crippen LogP contribution in [0.5, 0.6) is 0 Å². The van der Waals surface area contributed by atoms with E-state index in [4.69, 9.17) is 0 Å². The molecule has 0 nitrogen and oxygen atoms in total. The molecule has 0 fully saturated rings. The van der Waals surface area contributed by atoms with E-state index in [1.54, 1.807) is 0 Å². The summed E-state index contributed by atoms with van der Waals surface area (Å²) < 4.78 is 0. The van der Waals surface area contributed by atoms with E-state index in [1.165, 1.54) is 23.7 Å². The van der Waals surface area contributed by atoms with Gasteiger partial charge in [-0.3, -0.25) is 0 Å². The van der Waals surface area contributed by atoms with E-state index >= 15 is 0 Å². The molecule has 0 saturated carbocycles. The fourth-order valence-electron chi connectivity index (χ4n) is 0. The zero-order valence-corrected chi connectivity index (χ0v) is 18.1. The van der Waals surface area contributed by atoms with Crippen molar-refractivity contribution in [2.24, 2.45) is 0 Å². The summed E-state index contributed by atoms with van der Waals surface area (Å²) in [5.74, 6) is 5.67. The Balaban J connectivity index is -0.0000000369. The minimum absolute atomic E-state index is 0. The number of hydrogen-bond acceptors (Lipinski definition) is 0. The predicted molar refractivity (Wildman–Crippen MR) is 81.1 cm³/mol. The molecule has 17 heavy (non-hydrogen) atoms. The van der Waals surface area contributed by atoms with Crippen LogP contribution in [0.4, 0.5) is 0 Å². The van der Waals surface area contributed by atoms with E-state index < -0.39 is 0 Å². The van der Waals surface area contributed by atoms with Crippen molar-refractivity contribution in [2.75, 3.05) is 0 Å². The molecule has 104 valence electrons. The molecule has 0 N–H and O–H groups in total. The maximum Gasteiger partial charge on any atom is 4.00 e. The van der Waals surface area contributed by atoms with Crippen LogP contribution in [0.2, 0.25) is 0 Å². The summed E-state index contributed by atoms with van der Waals surface area (Å²) >= 11 is 0. The minimum Gasteiger partial charge on any atom is -0.323 e. The van der Waals surface area contributed by atoms with Crippen LogP contribution in [0.3, 0.4) is 0 Å². The van der Waals surface area contributed by atoms with Crippen molar-refractivity contribution in [1.29, 1.82) is 0 Å². The van der Waals surface area contributed by atoms with Gasteiger partial charge in [0.15, 0.2) is 0 Å². The van der Waals surface area contributed by atoms with E-state index in [0.29, 0.717) is 0 Å². The average Bonchev–Trinajstić information content (AvgIpc) is 1.76. The molecule has 0 aromatic rings. The van der Waals surface area contributed by atoms with Gasteiger partial charge in [-0.2, -0.15) is 83.1 Å². The summed E-state index contributed by atoms with van der Waals surface area (Å²) in [7, 11) is 0. The van der Waals surface area contributed by atoms with Gasteiger partial charge in [-0.25, -0.2) is 0 Å². The quantitative estimate of drug-likeness (QED) is 0.319. The van der Waals surface area contributed by atoms with Gasteiger partial charge in [0.1, 0.15) is 0 Å². The average molecular weight is 407 g/mol. The van der Waals surface area contributed by atoms with Gasteiger partial charge in [0.25, 0.3) is 0 Å². The van der Waals surface area contributed by atoms with Crippen LogP contribution in [-0.4, -0.2) is 0 Å². The first-order valence-corrected chi connectivity index (χ1v) is 6.00. The fourth-order valence-corrected chi connectivity index (χ4v) is 0. The minimum atomic E-state index is 0. The van der Waals surface area contributed by atoms with Gasteiger partial charge in [-0.1, -0.05) is 0 Å². The van der Waals surface area contributed by atoms with E-state index in [0.717, 1.165) is 0 Å². The van der Waals surface area contributed by atoms with Crippen molar-refractivity contribution in [1.82, 2.24) is 0 Å². The summed E-state index contributed by atoms with van der Waals surface area (Å²) in [5, 5.41) is 0. The van der Waals surface area contributed by atoms with Crippen LogP contribution in [0, 0.1) is 23.7 Å². The molecule has 0 atom stereocenters. The topological polar surface area (TPSA) is 0 Å². The summed E-state index contributed by atoms with van der Waals surface area (Å²) in [5.41, 5.74) is 0. The van der Waals surface area contributed by atoms with Gasteiger partial charge in [0, 0.05) is 0 Å². The van der Waals surface area contributed by atoms with Crippen molar-refractivity contribution in [3.8, 4) is 0 Å². The van der Waals surface area contributed by atoms with Crippen molar-refractivity contribution in [3.05, 3.63) is 23.7 Å². The summed E-state index contributed by atoms with van der Waals surface area (Å²) in [6.07, 6.45) is 0. The molecular formula is C16H36Hf. The van der Waals surface area contributed by atoms with Crippen LogP contribution >= 0.6 is 0 Å². The Labute approximate surface area is 132 Å². The molecule has 0 unspecified atom stereocenters. The van der Waals surface area contributed by atoms with Crippen molar-refractivity contribution in [2.45, 2.75) is 83.1 Å². The van der Waals surface area contributed by atoms with Gasteiger partial charge in [-0.05, 0) is 0 Å². The Morgan fingerprint density at radius 2 is 0.294 bits per heavy atom. The standard InChI is InChI=1S/4C4H9.Hf/c4*1-4(2)3;/h4*1-3H3;/q4*-1;+4. The van der Waals surface area contributed by atoms with Crippen LogP contribution < -0.4 is 0 Å². The van der Waals surface area contributed by atoms with Gasteiger partial charge in [-0.15, -0.1) is 0 Å². The van der Waals surface area contributed by atoms with Crippen LogP contribution in [0.1, 0.15) is 83.1 Å². The van der Waals surface area contributed by atoms with Gasteiger partial charge in [0.05, 0.1) is 0 Å². The predicted octanol–water partition coefficient (Wildman–Crippen LogP) is 6.48. The van der Waals surface area contributed by atoms with Crippen LogP contribution in [0.15, 0.2) is 0 Å². The normalized spacial score (nSPS) is 8.47. The fraction of sp³-hybridized carbons (Fsp3) is 0.750. The van der Waals surface area contributed by atoms with E-state index in [-0.39, 0.29) is 25.8 Å².